The average Bonchev–Trinajstić information content (AvgIpc) is 3.23. The summed E-state index contributed by atoms with van der Waals surface area (Å²) in [6, 6.07) is 13.6. The van der Waals surface area contributed by atoms with Crippen molar-refractivity contribution in [2.24, 2.45) is 0 Å². The second kappa shape index (κ2) is 9.36. The lowest BCUT2D eigenvalue weighted by atomic mass is 10.1. The third-order valence-corrected chi connectivity index (χ3v) is 5.72. The smallest absolute Gasteiger partial charge is 0.382 e. The highest BCUT2D eigenvalue weighted by Gasteiger charge is 2.28. The summed E-state index contributed by atoms with van der Waals surface area (Å²) in [6.07, 6.45) is -1.57. The summed E-state index contributed by atoms with van der Waals surface area (Å²) in [5, 5.41) is 5.56. The fraction of sp³-hybridized carbons (Fsp3) is 0.115. The van der Waals surface area contributed by atoms with Crippen LogP contribution in [0.1, 0.15) is 34.7 Å². The molecular weight excluding hydrogens is 499 g/mol. The number of halogens is 3. The molecule has 1 amide bonds. The first-order valence-electron chi connectivity index (χ1n) is 11.3. The molecule has 2 aromatic carbocycles. The summed E-state index contributed by atoms with van der Waals surface area (Å²) < 4.78 is 41.1. The maximum Gasteiger partial charge on any atom is 0.458 e. The number of aromatic amines is 1. The largest absolute Gasteiger partial charge is 0.458 e. The van der Waals surface area contributed by atoms with Gasteiger partial charge >= 0.3 is 11.8 Å². The van der Waals surface area contributed by atoms with Crippen LogP contribution in [-0.2, 0) is 0 Å². The van der Waals surface area contributed by atoms with Gasteiger partial charge in [0.05, 0.1) is 22.6 Å². The van der Waals surface area contributed by atoms with Gasteiger partial charge in [0.2, 0.25) is 0 Å². The summed E-state index contributed by atoms with van der Waals surface area (Å²) >= 11 is 0. The molecule has 0 fully saturated rings. The van der Waals surface area contributed by atoms with Crippen LogP contribution in [0.15, 0.2) is 71.8 Å². The first-order chi connectivity index (χ1) is 18.1. The van der Waals surface area contributed by atoms with E-state index >= 15 is 0 Å². The lowest BCUT2D eigenvalue weighted by Crippen LogP contribution is -2.34. The third kappa shape index (κ3) is 4.53. The fourth-order valence-corrected chi connectivity index (χ4v) is 4.12. The van der Waals surface area contributed by atoms with Gasteiger partial charge in [0.15, 0.2) is 11.4 Å². The quantitative estimate of drug-likeness (QED) is 0.250. The van der Waals surface area contributed by atoms with Crippen molar-refractivity contribution in [2.75, 3.05) is 5.73 Å². The number of amides is 1. The van der Waals surface area contributed by atoms with Crippen molar-refractivity contribution < 1.29 is 22.5 Å². The van der Waals surface area contributed by atoms with E-state index in [-0.39, 0.29) is 33.7 Å². The van der Waals surface area contributed by atoms with Crippen molar-refractivity contribution in [3.8, 4) is 17.5 Å². The molecule has 0 bridgehead atoms. The lowest BCUT2D eigenvalue weighted by molar-refractivity contribution is -0.577. The highest BCUT2D eigenvalue weighted by Crippen LogP contribution is 2.22. The highest BCUT2D eigenvalue weighted by atomic mass is 19.4. The molecule has 4 N–H and O–H groups in total. The van der Waals surface area contributed by atoms with Crippen LogP contribution in [0.4, 0.5) is 19.0 Å². The van der Waals surface area contributed by atoms with Gasteiger partial charge in [-0.05, 0) is 36.2 Å². The minimum absolute atomic E-state index is 0.0724. The van der Waals surface area contributed by atoms with Crippen molar-refractivity contribution in [3.63, 3.8) is 0 Å². The van der Waals surface area contributed by atoms with E-state index in [1.165, 1.54) is 39.4 Å². The molecule has 0 radical (unpaired) electrons. The zero-order valence-corrected chi connectivity index (χ0v) is 19.7. The van der Waals surface area contributed by atoms with Gasteiger partial charge in [0.25, 0.3) is 11.5 Å². The van der Waals surface area contributed by atoms with E-state index in [2.05, 4.69) is 20.4 Å². The Kier molecular flexibility index (Phi) is 6.04. The number of carbonyl (C=O) groups excluding carboxylic acids is 1. The Morgan fingerprint density at radius 3 is 2.66 bits per heavy atom. The number of alkyl halides is 3. The molecule has 0 aliphatic carbocycles. The van der Waals surface area contributed by atoms with Crippen molar-refractivity contribution in [3.05, 3.63) is 94.3 Å². The highest BCUT2D eigenvalue weighted by molar-refractivity contribution is 6.03. The number of nitrogen functional groups attached to an aromatic ring is 1. The predicted octanol–water partition coefficient (Wildman–Crippen LogP) is 2.83. The number of H-pyrrole nitrogens is 1. The molecule has 3 heterocycles. The summed E-state index contributed by atoms with van der Waals surface area (Å²) in [6.45, 7) is 1.63. The Bertz CT molecular complexity index is 1820. The fourth-order valence-electron chi connectivity index (χ4n) is 4.12. The van der Waals surface area contributed by atoms with Gasteiger partial charge in [-0.3, -0.25) is 14.2 Å². The van der Waals surface area contributed by atoms with Crippen LogP contribution in [-0.4, -0.2) is 31.7 Å². The first-order valence-corrected chi connectivity index (χ1v) is 11.3. The molecule has 0 aliphatic rings. The predicted molar refractivity (Wildman–Crippen MR) is 132 cm³/mol. The van der Waals surface area contributed by atoms with E-state index in [1.54, 1.807) is 49.5 Å². The van der Waals surface area contributed by atoms with Gasteiger partial charge in [-0.1, -0.05) is 30.2 Å². The number of nitrogens with one attached hydrogen (secondary N) is 2. The minimum Gasteiger partial charge on any atom is -0.382 e. The van der Waals surface area contributed by atoms with Gasteiger partial charge in [-0.15, -0.1) is 4.52 Å². The van der Waals surface area contributed by atoms with E-state index in [1.807, 2.05) is 5.92 Å². The molecule has 5 rings (SSSR count). The third-order valence-electron chi connectivity index (χ3n) is 5.72. The van der Waals surface area contributed by atoms with Crippen LogP contribution in [0, 0.1) is 11.8 Å². The second-order valence-electron chi connectivity index (χ2n) is 8.30. The molecule has 1 unspecified atom stereocenters. The van der Waals surface area contributed by atoms with Crippen LogP contribution in [0.3, 0.4) is 0 Å². The van der Waals surface area contributed by atoms with Crippen LogP contribution in [0.25, 0.3) is 22.2 Å². The molecule has 9 nitrogen and oxygen atoms in total. The number of para-hydroxylation sites is 1. The summed E-state index contributed by atoms with van der Waals surface area (Å²) in [5.41, 5.74) is 6.23. The van der Waals surface area contributed by atoms with Gasteiger partial charge in [0.1, 0.15) is 18.2 Å². The lowest BCUT2D eigenvalue weighted by Gasteiger charge is -2.19. The van der Waals surface area contributed by atoms with E-state index in [0.29, 0.717) is 11.3 Å². The Balaban J connectivity index is 1.66. The van der Waals surface area contributed by atoms with Crippen LogP contribution >= 0.6 is 0 Å². The zero-order valence-electron chi connectivity index (χ0n) is 19.7. The van der Waals surface area contributed by atoms with Crippen molar-refractivity contribution in [1.82, 2.24) is 25.0 Å². The molecule has 38 heavy (non-hydrogen) atoms. The van der Waals surface area contributed by atoms with Gasteiger partial charge < -0.3 is 11.1 Å². The summed E-state index contributed by atoms with van der Waals surface area (Å²) in [5.74, 6) is 2.94. The van der Waals surface area contributed by atoms with E-state index in [0.717, 1.165) is 0 Å². The monoisotopic (exact) mass is 518 g/mol. The second-order valence-corrected chi connectivity index (χ2v) is 8.30. The van der Waals surface area contributed by atoms with E-state index < -0.39 is 23.7 Å². The topological polar surface area (TPSA) is 123 Å². The number of aromatic nitrogens is 5. The maximum absolute atomic E-state index is 13.8. The Hall–Kier alpha value is -5.18. The number of benzene rings is 2. The Morgan fingerprint density at radius 2 is 1.92 bits per heavy atom. The van der Waals surface area contributed by atoms with E-state index in [4.69, 9.17) is 5.73 Å². The standard InChI is InChI=1S/C26H18F3N7O2/c1-15(32-24(37)20-21(30)34-35-14-6-13-31-23(20)35)22-33-18-10-5-7-16(11-12-26(27,28)29)19(18)25(38)36(22)17-8-3-2-4-9-17/h2-10,13-15H,1H3,(H3,30,32,34,37)/p+1. The van der Waals surface area contributed by atoms with Gasteiger partial charge in [-0.2, -0.15) is 13.2 Å². The van der Waals surface area contributed by atoms with Crippen LogP contribution in [0.5, 0.6) is 0 Å². The normalized spacial score (nSPS) is 12.2. The SMILES string of the molecule is CC(NC(=O)c1c(N)[nH][n+]2cccnc12)c1nc2cccc(C#CC(F)(F)F)c2c(=O)n1-c1ccccc1. The number of hydrogen-bond donors (Lipinski definition) is 3. The number of fused-ring (bicyclic) bond motifs is 2. The molecule has 0 aliphatic heterocycles. The van der Waals surface area contributed by atoms with Crippen molar-refractivity contribution in [1.29, 1.82) is 0 Å². The van der Waals surface area contributed by atoms with E-state index in [9.17, 15) is 22.8 Å². The number of nitrogens with two attached hydrogens (primary N) is 1. The van der Waals surface area contributed by atoms with Crippen molar-refractivity contribution >= 4 is 28.3 Å². The van der Waals surface area contributed by atoms with Crippen LogP contribution in [0.2, 0.25) is 0 Å². The molecule has 0 saturated heterocycles. The molecule has 190 valence electrons. The Morgan fingerprint density at radius 1 is 1.16 bits per heavy atom. The minimum atomic E-state index is -4.73. The number of anilines is 1. The molecule has 1 atom stereocenters. The molecule has 5 aromatic rings. The molecule has 0 spiro atoms. The Labute approximate surface area is 212 Å². The summed E-state index contributed by atoms with van der Waals surface area (Å²) in [4.78, 5) is 35.8. The number of nitrogens with zero attached hydrogens (tertiary/aromatic N) is 4. The molecule has 3 aromatic heterocycles. The summed E-state index contributed by atoms with van der Waals surface area (Å²) in [7, 11) is 0. The molecular formula is C26H19F3N7O2+. The zero-order chi connectivity index (χ0) is 27.0. The number of rotatable bonds is 4. The number of carbonyl (C=O) groups is 1. The maximum atomic E-state index is 13.8. The molecule has 12 heteroatoms. The van der Waals surface area contributed by atoms with Gasteiger partial charge in [0, 0.05) is 17.6 Å². The van der Waals surface area contributed by atoms with Crippen LogP contribution < -0.4 is 21.1 Å². The van der Waals surface area contributed by atoms with Gasteiger partial charge in [-0.25, -0.2) is 10.1 Å². The first kappa shape index (κ1) is 24.5. The average molecular weight is 518 g/mol. The van der Waals surface area contributed by atoms with Crippen molar-refractivity contribution in [2.45, 2.75) is 19.1 Å². The molecule has 0 saturated carbocycles. The number of hydrogen-bond acceptors (Lipinski definition) is 5.